The number of unbranched alkanes of at least 4 members (excludes halogenated alkanes) is 5. The molecule has 1 nitrogen and oxygen atoms in total. The largest absolute Gasteiger partial charge is 0.398 e. The van der Waals surface area contributed by atoms with E-state index in [1.54, 1.807) is 0 Å². The van der Waals surface area contributed by atoms with Gasteiger partial charge >= 0.3 is 0 Å². The maximum absolute atomic E-state index is 6.24. The number of nitrogen functional groups attached to an aromatic ring is 1. The first-order valence-electron chi connectivity index (χ1n) is 9.74. The molecule has 4 rings (SSSR count). The molecule has 0 spiro atoms. The van der Waals surface area contributed by atoms with Crippen LogP contribution >= 0.6 is 0 Å². The first kappa shape index (κ1) is 16.2. The quantitative estimate of drug-likeness (QED) is 0.219. The monoisotopic (exact) mass is 329 g/mol. The molecule has 0 aliphatic rings. The van der Waals surface area contributed by atoms with E-state index < -0.39 is 0 Å². The maximum Gasteiger partial charge on any atom is 0.0394 e. The lowest BCUT2D eigenvalue weighted by Crippen LogP contribution is -1.93. The minimum absolute atomic E-state index is 0.878. The fraction of sp³-hybridized carbons (Fsp3) is 0.333. The van der Waals surface area contributed by atoms with E-state index in [1.165, 1.54) is 82.8 Å². The molecule has 0 atom stereocenters. The fourth-order valence-corrected chi connectivity index (χ4v) is 4.20. The standard InChI is InChI=1S/C24H27N/c1-2-3-4-5-6-7-8-17-9-10-18-11-12-19-13-16-22(25)21-15-14-20(17)23(18)24(19)21/h9-16H,2-8,25H2,1H3. The van der Waals surface area contributed by atoms with Gasteiger partial charge < -0.3 is 5.73 Å². The van der Waals surface area contributed by atoms with Crippen molar-refractivity contribution in [1.82, 2.24) is 0 Å². The highest BCUT2D eigenvalue weighted by atomic mass is 14.5. The summed E-state index contributed by atoms with van der Waals surface area (Å²) in [6.07, 6.45) is 9.25. The van der Waals surface area contributed by atoms with Gasteiger partial charge in [-0.25, -0.2) is 0 Å². The summed E-state index contributed by atoms with van der Waals surface area (Å²) in [7, 11) is 0. The van der Waals surface area contributed by atoms with Crippen LogP contribution < -0.4 is 5.73 Å². The van der Waals surface area contributed by atoms with Gasteiger partial charge in [-0.15, -0.1) is 0 Å². The van der Waals surface area contributed by atoms with E-state index in [2.05, 4.69) is 49.4 Å². The lowest BCUT2D eigenvalue weighted by atomic mass is 9.90. The van der Waals surface area contributed by atoms with Gasteiger partial charge in [0.15, 0.2) is 0 Å². The number of hydrogen-bond donors (Lipinski definition) is 1. The molecule has 0 amide bonds. The molecule has 2 N–H and O–H groups in total. The van der Waals surface area contributed by atoms with Gasteiger partial charge in [-0.1, -0.05) is 81.5 Å². The number of hydrogen-bond acceptors (Lipinski definition) is 1. The van der Waals surface area contributed by atoms with Crippen LogP contribution in [0.3, 0.4) is 0 Å². The normalized spacial score (nSPS) is 11.9. The average Bonchev–Trinajstić information content (AvgIpc) is 2.65. The average molecular weight is 329 g/mol. The third-order valence-corrected chi connectivity index (χ3v) is 5.59. The van der Waals surface area contributed by atoms with Gasteiger partial charge in [-0.05, 0) is 51.4 Å². The van der Waals surface area contributed by atoms with Crippen molar-refractivity contribution in [2.24, 2.45) is 0 Å². The molecule has 0 radical (unpaired) electrons. The van der Waals surface area contributed by atoms with Gasteiger partial charge in [-0.2, -0.15) is 0 Å². The van der Waals surface area contributed by atoms with E-state index in [0.717, 1.165) is 5.69 Å². The smallest absolute Gasteiger partial charge is 0.0394 e. The molecule has 1 heteroatoms. The molecule has 0 bridgehead atoms. The van der Waals surface area contributed by atoms with Crippen LogP contribution in [0.15, 0.2) is 48.5 Å². The molecule has 0 heterocycles. The lowest BCUT2D eigenvalue weighted by Gasteiger charge is -2.15. The number of benzene rings is 4. The Labute approximate surface area is 150 Å². The summed E-state index contributed by atoms with van der Waals surface area (Å²) in [5, 5.41) is 7.94. The Kier molecular flexibility index (Phi) is 4.48. The summed E-state index contributed by atoms with van der Waals surface area (Å²) in [6.45, 7) is 2.28. The Bertz CT molecular complexity index is 999. The predicted octanol–water partition coefficient (Wildman–Crippen LogP) is 7.07. The minimum Gasteiger partial charge on any atom is -0.398 e. The maximum atomic E-state index is 6.24. The van der Waals surface area contributed by atoms with E-state index in [4.69, 9.17) is 5.73 Å². The van der Waals surface area contributed by atoms with Crippen LogP contribution in [0.25, 0.3) is 32.3 Å². The summed E-state index contributed by atoms with van der Waals surface area (Å²) >= 11 is 0. The topological polar surface area (TPSA) is 26.0 Å². The van der Waals surface area contributed by atoms with Gasteiger partial charge in [0.1, 0.15) is 0 Å². The van der Waals surface area contributed by atoms with Crippen LogP contribution in [0.5, 0.6) is 0 Å². The molecule has 0 saturated heterocycles. The molecule has 4 aromatic rings. The number of nitrogens with two attached hydrogens (primary N) is 1. The van der Waals surface area contributed by atoms with Crippen molar-refractivity contribution in [1.29, 1.82) is 0 Å². The fourth-order valence-electron chi connectivity index (χ4n) is 4.20. The van der Waals surface area contributed by atoms with Crippen molar-refractivity contribution in [3.05, 3.63) is 54.1 Å². The third kappa shape index (κ3) is 2.93. The highest BCUT2D eigenvalue weighted by Gasteiger charge is 2.12. The molecular formula is C24H27N. The number of anilines is 1. The van der Waals surface area contributed by atoms with Crippen molar-refractivity contribution in [3.63, 3.8) is 0 Å². The van der Waals surface area contributed by atoms with Gasteiger partial charge in [0.05, 0.1) is 0 Å². The second kappa shape index (κ2) is 6.92. The Morgan fingerprint density at radius 3 is 2.04 bits per heavy atom. The minimum atomic E-state index is 0.878. The van der Waals surface area contributed by atoms with Crippen molar-refractivity contribution in [3.8, 4) is 0 Å². The molecule has 25 heavy (non-hydrogen) atoms. The summed E-state index contributed by atoms with van der Waals surface area (Å²) in [6, 6.07) is 17.8. The van der Waals surface area contributed by atoms with E-state index in [0.29, 0.717) is 0 Å². The molecule has 0 aromatic heterocycles. The Hall–Kier alpha value is -2.28. The highest BCUT2D eigenvalue weighted by molar-refractivity contribution is 6.25. The van der Waals surface area contributed by atoms with Gasteiger partial charge in [0.25, 0.3) is 0 Å². The summed E-state index contributed by atoms with van der Waals surface area (Å²) in [5.41, 5.74) is 8.61. The van der Waals surface area contributed by atoms with Crippen LogP contribution in [-0.2, 0) is 6.42 Å². The second-order valence-electron chi connectivity index (χ2n) is 7.32. The Balaban J connectivity index is 1.70. The molecule has 0 saturated carbocycles. The first-order chi connectivity index (χ1) is 12.3. The summed E-state index contributed by atoms with van der Waals surface area (Å²) < 4.78 is 0. The van der Waals surface area contributed by atoms with Crippen LogP contribution in [-0.4, -0.2) is 0 Å². The number of aryl methyl sites for hydroxylation is 1. The molecule has 4 aromatic carbocycles. The van der Waals surface area contributed by atoms with Crippen molar-refractivity contribution in [2.75, 3.05) is 5.73 Å². The van der Waals surface area contributed by atoms with E-state index in [1.807, 2.05) is 6.07 Å². The zero-order chi connectivity index (χ0) is 17.2. The first-order valence-corrected chi connectivity index (χ1v) is 9.74. The van der Waals surface area contributed by atoms with Crippen LogP contribution in [0, 0.1) is 0 Å². The molecule has 0 fully saturated rings. The predicted molar refractivity (Wildman–Crippen MR) is 112 cm³/mol. The summed E-state index contributed by atoms with van der Waals surface area (Å²) in [4.78, 5) is 0. The molecule has 128 valence electrons. The molecule has 0 aliphatic carbocycles. The molecule has 0 aliphatic heterocycles. The third-order valence-electron chi connectivity index (χ3n) is 5.59. The Morgan fingerprint density at radius 1 is 0.640 bits per heavy atom. The van der Waals surface area contributed by atoms with Crippen molar-refractivity contribution >= 4 is 38.0 Å². The van der Waals surface area contributed by atoms with Crippen LogP contribution in [0.4, 0.5) is 5.69 Å². The zero-order valence-corrected chi connectivity index (χ0v) is 15.1. The Morgan fingerprint density at radius 2 is 1.24 bits per heavy atom. The van der Waals surface area contributed by atoms with Crippen molar-refractivity contribution in [2.45, 2.75) is 51.9 Å². The van der Waals surface area contributed by atoms with Crippen LogP contribution in [0.2, 0.25) is 0 Å². The van der Waals surface area contributed by atoms with Crippen LogP contribution in [0.1, 0.15) is 51.0 Å². The van der Waals surface area contributed by atoms with E-state index >= 15 is 0 Å². The van der Waals surface area contributed by atoms with E-state index in [9.17, 15) is 0 Å². The SMILES string of the molecule is CCCCCCCCc1ccc2ccc3ccc(N)c4ccc1c2c34. The molecule has 0 unspecified atom stereocenters. The zero-order valence-electron chi connectivity index (χ0n) is 15.1. The lowest BCUT2D eigenvalue weighted by molar-refractivity contribution is 0.608. The van der Waals surface area contributed by atoms with Gasteiger partial charge in [-0.3, -0.25) is 0 Å². The number of rotatable bonds is 7. The van der Waals surface area contributed by atoms with Gasteiger partial charge in [0, 0.05) is 11.1 Å². The van der Waals surface area contributed by atoms with E-state index in [-0.39, 0.29) is 0 Å². The summed E-state index contributed by atoms with van der Waals surface area (Å²) in [5.74, 6) is 0. The van der Waals surface area contributed by atoms with Gasteiger partial charge in [0.2, 0.25) is 0 Å². The molecular weight excluding hydrogens is 302 g/mol. The highest BCUT2D eigenvalue weighted by Crippen LogP contribution is 2.38. The second-order valence-corrected chi connectivity index (χ2v) is 7.32. The van der Waals surface area contributed by atoms with Crippen molar-refractivity contribution < 1.29 is 0 Å².